The van der Waals surface area contributed by atoms with Gasteiger partial charge in [-0.25, -0.2) is 9.18 Å². The van der Waals surface area contributed by atoms with Crippen LogP contribution in [0, 0.1) is 17.1 Å². The smallest absolute Gasteiger partial charge is 0.343 e. The van der Waals surface area contributed by atoms with Gasteiger partial charge in [-0.15, -0.1) is 0 Å². The summed E-state index contributed by atoms with van der Waals surface area (Å²) in [7, 11) is 0. The Kier molecular flexibility index (Phi) is 8.69. The van der Waals surface area contributed by atoms with E-state index < -0.39 is 11.9 Å². The van der Waals surface area contributed by atoms with E-state index >= 15 is 0 Å². The third kappa shape index (κ3) is 6.53. The molecule has 7 nitrogen and oxygen atoms in total. The average Bonchev–Trinajstić information content (AvgIpc) is 3.01. The lowest BCUT2D eigenvalue weighted by Gasteiger charge is -2.26. The third-order valence-corrected chi connectivity index (χ3v) is 6.79. The lowest BCUT2D eigenvalue weighted by molar-refractivity contribution is 0.0734. The van der Waals surface area contributed by atoms with E-state index in [1.54, 1.807) is 66.7 Å². The molecule has 1 heterocycles. The van der Waals surface area contributed by atoms with Crippen LogP contribution in [0.5, 0.6) is 23.0 Å². The Morgan fingerprint density at radius 3 is 2.29 bits per heavy atom. The molecule has 0 fully saturated rings. The predicted octanol–water partition coefficient (Wildman–Crippen LogP) is 7.02. The quantitative estimate of drug-likeness (QED) is 0.125. The normalized spacial score (nSPS) is 13.9. The maximum atomic E-state index is 13.2. The summed E-state index contributed by atoms with van der Waals surface area (Å²) in [4.78, 5) is 12.8. The molecular formula is C34H29FN2O5. The molecule has 0 spiro atoms. The molecule has 5 rings (SSSR count). The molecule has 212 valence electrons. The zero-order valence-electron chi connectivity index (χ0n) is 23.0. The topological polar surface area (TPSA) is 104 Å². The van der Waals surface area contributed by atoms with Crippen LogP contribution in [0.4, 0.5) is 4.39 Å². The average molecular weight is 565 g/mol. The largest absolute Gasteiger partial charge is 0.494 e. The second kappa shape index (κ2) is 12.9. The maximum absolute atomic E-state index is 13.2. The summed E-state index contributed by atoms with van der Waals surface area (Å²) in [6.45, 7) is 3.00. The number of benzene rings is 4. The van der Waals surface area contributed by atoms with Crippen molar-refractivity contribution in [2.24, 2.45) is 5.73 Å². The molecule has 0 aliphatic carbocycles. The van der Waals surface area contributed by atoms with Gasteiger partial charge >= 0.3 is 5.97 Å². The van der Waals surface area contributed by atoms with Crippen LogP contribution in [-0.2, 0) is 6.61 Å². The zero-order chi connectivity index (χ0) is 29.5. The number of carbonyl (C=O) groups excluding carboxylic acids is 1. The van der Waals surface area contributed by atoms with Crippen molar-refractivity contribution < 1.29 is 28.1 Å². The number of hydrogen-bond acceptors (Lipinski definition) is 7. The number of nitrogens with two attached hydrogens (primary N) is 1. The number of ether oxygens (including phenoxy) is 4. The van der Waals surface area contributed by atoms with Gasteiger partial charge in [0.05, 0.1) is 18.1 Å². The highest BCUT2D eigenvalue weighted by atomic mass is 19.1. The van der Waals surface area contributed by atoms with Crippen molar-refractivity contribution in [2.75, 3.05) is 6.61 Å². The first-order valence-corrected chi connectivity index (χ1v) is 13.6. The summed E-state index contributed by atoms with van der Waals surface area (Å²) < 4.78 is 36.0. The summed E-state index contributed by atoms with van der Waals surface area (Å²) in [6, 6.07) is 27.4. The van der Waals surface area contributed by atoms with Crippen molar-refractivity contribution in [3.8, 4) is 29.1 Å². The predicted molar refractivity (Wildman–Crippen MR) is 155 cm³/mol. The molecule has 1 unspecified atom stereocenters. The SMILES string of the molecule is CCCCOc1ccc(C(=O)Oc2ccc3c(c2)OC(N)=C(C#N)C3c2ccc(OCc3ccc(F)cc3)cc2)cc1. The fourth-order valence-corrected chi connectivity index (χ4v) is 4.53. The van der Waals surface area contributed by atoms with Gasteiger partial charge in [-0.1, -0.05) is 43.7 Å². The molecule has 0 amide bonds. The third-order valence-electron chi connectivity index (χ3n) is 6.79. The molecule has 0 saturated heterocycles. The van der Waals surface area contributed by atoms with Gasteiger partial charge < -0.3 is 24.7 Å². The fourth-order valence-electron chi connectivity index (χ4n) is 4.53. The first-order chi connectivity index (χ1) is 20.4. The van der Waals surface area contributed by atoms with Crippen molar-refractivity contribution in [1.82, 2.24) is 0 Å². The second-order valence-electron chi connectivity index (χ2n) is 9.72. The van der Waals surface area contributed by atoms with Gasteiger partial charge in [-0.05, 0) is 72.1 Å². The van der Waals surface area contributed by atoms with Crippen LogP contribution < -0.4 is 24.7 Å². The number of unbranched alkanes of at least 4 members (excludes halogenated alkanes) is 1. The second-order valence-corrected chi connectivity index (χ2v) is 9.72. The van der Waals surface area contributed by atoms with Crippen LogP contribution in [0.25, 0.3) is 0 Å². The molecule has 1 aliphatic heterocycles. The Balaban J connectivity index is 1.30. The summed E-state index contributed by atoms with van der Waals surface area (Å²) in [5, 5.41) is 9.89. The number of halogens is 1. The maximum Gasteiger partial charge on any atom is 0.343 e. The number of nitriles is 1. The van der Waals surface area contributed by atoms with Gasteiger partial charge in [0.25, 0.3) is 0 Å². The molecule has 2 N–H and O–H groups in total. The lowest BCUT2D eigenvalue weighted by atomic mass is 9.83. The minimum atomic E-state index is -0.528. The first-order valence-electron chi connectivity index (χ1n) is 13.6. The Morgan fingerprint density at radius 2 is 1.60 bits per heavy atom. The van der Waals surface area contributed by atoms with E-state index in [0.717, 1.165) is 24.0 Å². The molecule has 1 atom stereocenters. The van der Waals surface area contributed by atoms with Crippen LogP contribution in [0.2, 0.25) is 0 Å². The summed E-state index contributed by atoms with van der Waals surface area (Å²) >= 11 is 0. The molecule has 0 aromatic heterocycles. The Labute approximate surface area is 243 Å². The highest BCUT2D eigenvalue weighted by Gasteiger charge is 2.31. The van der Waals surface area contributed by atoms with Crippen LogP contribution >= 0.6 is 0 Å². The minimum absolute atomic E-state index is 0.0197. The minimum Gasteiger partial charge on any atom is -0.494 e. The monoisotopic (exact) mass is 564 g/mol. The highest BCUT2D eigenvalue weighted by molar-refractivity contribution is 5.91. The molecule has 1 aliphatic rings. The first kappa shape index (κ1) is 28.2. The Morgan fingerprint density at radius 1 is 0.929 bits per heavy atom. The van der Waals surface area contributed by atoms with E-state index in [1.165, 1.54) is 12.1 Å². The molecule has 8 heteroatoms. The van der Waals surface area contributed by atoms with Crippen molar-refractivity contribution >= 4 is 5.97 Å². The number of nitrogens with zero attached hydrogens (tertiary/aromatic N) is 1. The molecule has 0 radical (unpaired) electrons. The van der Waals surface area contributed by atoms with Gasteiger partial charge in [-0.3, -0.25) is 0 Å². The number of carbonyl (C=O) groups is 1. The molecule has 0 bridgehead atoms. The summed E-state index contributed by atoms with van der Waals surface area (Å²) in [5.74, 6) is 0.633. The van der Waals surface area contributed by atoms with Crippen molar-refractivity contribution in [3.05, 3.63) is 131 Å². The molecule has 42 heavy (non-hydrogen) atoms. The molecular weight excluding hydrogens is 535 g/mol. The molecule has 4 aromatic carbocycles. The molecule has 4 aromatic rings. The van der Waals surface area contributed by atoms with E-state index in [-0.39, 0.29) is 29.6 Å². The lowest BCUT2D eigenvalue weighted by Crippen LogP contribution is -2.21. The van der Waals surface area contributed by atoms with Crippen LogP contribution in [0.1, 0.15) is 52.7 Å². The van der Waals surface area contributed by atoms with Crippen LogP contribution in [0.3, 0.4) is 0 Å². The number of hydrogen-bond donors (Lipinski definition) is 1. The van der Waals surface area contributed by atoms with E-state index in [9.17, 15) is 14.4 Å². The van der Waals surface area contributed by atoms with Crippen LogP contribution in [0.15, 0.2) is 102 Å². The van der Waals surface area contributed by atoms with Gasteiger partial charge in [0.2, 0.25) is 5.88 Å². The van der Waals surface area contributed by atoms with E-state index in [1.807, 2.05) is 12.1 Å². The van der Waals surface area contributed by atoms with Gasteiger partial charge in [0.1, 0.15) is 47.1 Å². The fraction of sp³-hybridized carbons (Fsp3) is 0.176. The van der Waals surface area contributed by atoms with Gasteiger partial charge in [-0.2, -0.15) is 5.26 Å². The van der Waals surface area contributed by atoms with E-state index in [0.29, 0.717) is 35.0 Å². The summed E-state index contributed by atoms with van der Waals surface area (Å²) in [6.07, 6.45) is 2.00. The number of rotatable bonds is 10. The van der Waals surface area contributed by atoms with Gasteiger partial charge in [0.15, 0.2) is 0 Å². The van der Waals surface area contributed by atoms with Crippen LogP contribution in [-0.4, -0.2) is 12.6 Å². The number of allylic oxidation sites excluding steroid dienone is 1. The van der Waals surface area contributed by atoms with Crippen molar-refractivity contribution in [1.29, 1.82) is 5.26 Å². The highest BCUT2D eigenvalue weighted by Crippen LogP contribution is 2.43. The molecule has 0 saturated carbocycles. The Bertz CT molecular complexity index is 1630. The zero-order valence-corrected chi connectivity index (χ0v) is 23.0. The van der Waals surface area contributed by atoms with Gasteiger partial charge in [0, 0.05) is 11.6 Å². The number of esters is 1. The van der Waals surface area contributed by atoms with Crippen molar-refractivity contribution in [2.45, 2.75) is 32.3 Å². The van der Waals surface area contributed by atoms with E-state index in [2.05, 4.69) is 13.0 Å². The Hall–Kier alpha value is -5.29. The number of fused-ring (bicyclic) bond motifs is 1. The van der Waals surface area contributed by atoms with E-state index in [4.69, 9.17) is 24.7 Å². The van der Waals surface area contributed by atoms with Crippen molar-refractivity contribution in [3.63, 3.8) is 0 Å². The standard InChI is InChI=1S/C34H29FN2O5/c1-2-3-18-39-26-14-8-24(9-15-26)34(38)41-28-16-17-29-31(19-28)42-33(37)30(20-36)32(29)23-6-12-27(13-7-23)40-21-22-4-10-25(35)11-5-22/h4-17,19,32H,2-3,18,21,37H2,1H3. The summed E-state index contributed by atoms with van der Waals surface area (Å²) in [5.41, 5.74) is 9.14.